The maximum absolute atomic E-state index is 13.2. The van der Waals surface area contributed by atoms with E-state index in [1.54, 1.807) is 17.7 Å². The van der Waals surface area contributed by atoms with E-state index in [-0.39, 0.29) is 11.6 Å². The normalized spacial score (nSPS) is 11.6. The Morgan fingerprint density at radius 2 is 1.93 bits per heavy atom. The van der Waals surface area contributed by atoms with Gasteiger partial charge in [0, 0.05) is 18.9 Å². The average Bonchev–Trinajstić information content (AvgIpc) is 3.00. The van der Waals surface area contributed by atoms with E-state index >= 15 is 0 Å². The Kier molecular flexibility index (Phi) is 6.14. The number of hydrogen-bond donors (Lipinski definition) is 0. The Balaban J connectivity index is 1.62. The molecule has 0 atom stereocenters. The van der Waals surface area contributed by atoms with E-state index in [9.17, 15) is 17.6 Å². The first-order valence-electron chi connectivity index (χ1n) is 7.99. The van der Waals surface area contributed by atoms with E-state index in [1.807, 2.05) is 0 Å². The molecule has 2 aromatic carbocycles. The van der Waals surface area contributed by atoms with Crippen molar-refractivity contribution in [3.05, 3.63) is 70.3 Å². The summed E-state index contributed by atoms with van der Waals surface area (Å²) in [6.07, 6.45) is -4.38. The lowest BCUT2D eigenvalue weighted by atomic mass is 10.1. The minimum Gasteiger partial charge on any atom is -0.486 e. The van der Waals surface area contributed by atoms with Crippen molar-refractivity contribution in [3.8, 4) is 5.75 Å². The summed E-state index contributed by atoms with van der Waals surface area (Å²) in [6, 6.07) is 9.16. The zero-order valence-electron chi connectivity index (χ0n) is 14.5. The molecule has 0 aliphatic rings. The third-order valence-corrected chi connectivity index (χ3v) is 5.19. The van der Waals surface area contributed by atoms with Crippen LogP contribution in [0, 0.1) is 5.82 Å². The van der Waals surface area contributed by atoms with E-state index in [0.717, 1.165) is 12.1 Å². The Labute approximate surface area is 167 Å². The highest BCUT2D eigenvalue weighted by Crippen LogP contribution is 2.31. The van der Waals surface area contributed by atoms with Crippen LogP contribution in [0.1, 0.15) is 17.0 Å². The molecule has 0 saturated heterocycles. The molecule has 0 aliphatic heterocycles. The van der Waals surface area contributed by atoms with Crippen LogP contribution in [0.5, 0.6) is 5.75 Å². The maximum Gasteiger partial charge on any atom is 0.416 e. The van der Waals surface area contributed by atoms with Crippen LogP contribution in [0.3, 0.4) is 0 Å². The lowest BCUT2D eigenvalue weighted by Gasteiger charge is -2.09. The van der Waals surface area contributed by atoms with Gasteiger partial charge in [0.15, 0.2) is 11.0 Å². The summed E-state index contributed by atoms with van der Waals surface area (Å²) in [4.78, 5) is 0. The van der Waals surface area contributed by atoms with Crippen molar-refractivity contribution in [2.45, 2.75) is 23.7 Å². The van der Waals surface area contributed by atoms with Gasteiger partial charge in [0.1, 0.15) is 18.2 Å². The molecule has 0 amide bonds. The number of thioether (sulfide) groups is 1. The van der Waals surface area contributed by atoms with Crippen molar-refractivity contribution in [2.24, 2.45) is 7.05 Å². The van der Waals surface area contributed by atoms with Crippen molar-refractivity contribution in [3.63, 3.8) is 0 Å². The second-order valence-electron chi connectivity index (χ2n) is 5.81. The first kappa shape index (κ1) is 20.5. The molecule has 0 aliphatic carbocycles. The number of ether oxygens (including phenoxy) is 1. The van der Waals surface area contributed by atoms with Crippen LogP contribution in [0.25, 0.3) is 0 Å². The van der Waals surface area contributed by atoms with Crippen molar-refractivity contribution in [2.75, 3.05) is 0 Å². The van der Waals surface area contributed by atoms with Gasteiger partial charge in [0.2, 0.25) is 0 Å². The molecule has 4 nitrogen and oxygen atoms in total. The number of alkyl halides is 3. The number of nitrogens with zero attached hydrogens (tertiary/aromatic N) is 3. The van der Waals surface area contributed by atoms with Gasteiger partial charge < -0.3 is 9.30 Å². The molecule has 1 aromatic heterocycles. The van der Waals surface area contributed by atoms with Crippen molar-refractivity contribution < 1.29 is 22.3 Å². The fourth-order valence-electron chi connectivity index (χ4n) is 2.30. The predicted molar refractivity (Wildman–Crippen MR) is 97.8 cm³/mol. The highest BCUT2D eigenvalue weighted by molar-refractivity contribution is 7.98. The van der Waals surface area contributed by atoms with Crippen molar-refractivity contribution in [1.29, 1.82) is 0 Å². The fraction of sp³-hybridized carbons (Fsp3) is 0.222. The van der Waals surface area contributed by atoms with E-state index in [1.165, 1.54) is 36.0 Å². The van der Waals surface area contributed by atoms with E-state index in [0.29, 0.717) is 28.0 Å². The smallest absolute Gasteiger partial charge is 0.416 e. The Hall–Kier alpha value is -2.26. The van der Waals surface area contributed by atoms with Gasteiger partial charge in [-0.25, -0.2) is 4.39 Å². The van der Waals surface area contributed by atoms with Crippen LogP contribution < -0.4 is 4.74 Å². The number of hydrogen-bond acceptors (Lipinski definition) is 4. The van der Waals surface area contributed by atoms with Gasteiger partial charge in [-0.05, 0) is 23.8 Å². The molecule has 3 aromatic rings. The first-order chi connectivity index (χ1) is 13.2. The maximum atomic E-state index is 13.2. The fourth-order valence-corrected chi connectivity index (χ4v) is 3.34. The molecule has 0 bridgehead atoms. The van der Waals surface area contributed by atoms with Crippen LogP contribution in [0.4, 0.5) is 17.6 Å². The summed E-state index contributed by atoms with van der Waals surface area (Å²) in [7, 11) is 1.73. The van der Waals surface area contributed by atoms with Gasteiger partial charge >= 0.3 is 6.18 Å². The molecule has 0 radical (unpaired) electrons. The largest absolute Gasteiger partial charge is 0.486 e. The summed E-state index contributed by atoms with van der Waals surface area (Å²) in [6.45, 7) is 0.0789. The van der Waals surface area contributed by atoms with E-state index in [2.05, 4.69) is 10.2 Å². The number of rotatable bonds is 6. The predicted octanol–water partition coefficient (Wildman–Crippen LogP) is 5.50. The molecule has 0 N–H and O–H groups in total. The standard InChI is InChI=1S/C18H14ClF4N3OS/c1-26-16(9-27-13-5-6-15(20)14(19)8-13)24-25-17(26)28-10-11-3-2-4-12(7-11)18(21,22)23/h2-8H,9-10H2,1H3. The van der Waals surface area contributed by atoms with Gasteiger partial charge in [-0.1, -0.05) is 41.6 Å². The Morgan fingerprint density at radius 1 is 1.14 bits per heavy atom. The number of halogens is 5. The molecule has 0 fully saturated rings. The summed E-state index contributed by atoms with van der Waals surface area (Å²) in [5.74, 6) is 0.658. The van der Waals surface area contributed by atoms with Gasteiger partial charge in [-0.2, -0.15) is 13.2 Å². The zero-order valence-corrected chi connectivity index (χ0v) is 16.1. The van der Waals surface area contributed by atoms with Crippen LogP contribution in [0.15, 0.2) is 47.6 Å². The van der Waals surface area contributed by atoms with E-state index in [4.69, 9.17) is 16.3 Å². The summed E-state index contributed by atoms with van der Waals surface area (Å²) >= 11 is 6.97. The first-order valence-corrected chi connectivity index (χ1v) is 9.35. The molecule has 0 unspecified atom stereocenters. The highest BCUT2D eigenvalue weighted by atomic mass is 35.5. The topological polar surface area (TPSA) is 39.9 Å². The quantitative estimate of drug-likeness (QED) is 0.382. The summed E-state index contributed by atoms with van der Waals surface area (Å²) < 4.78 is 58.8. The van der Waals surface area contributed by atoms with Crippen LogP contribution in [-0.2, 0) is 25.6 Å². The number of aromatic nitrogens is 3. The van der Waals surface area contributed by atoms with Gasteiger partial charge in [0.05, 0.1) is 10.6 Å². The van der Waals surface area contributed by atoms with Crippen molar-refractivity contribution in [1.82, 2.24) is 14.8 Å². The third kappa shape index (κ3) is 4.96. The minimum atomic E-state index is -4.38. The molecule has 148 valence electrons. The van der Waals surface area contributed by atoms with Crippen molar-refractivity contribution >= 4 is 23.4 Å². The average molecular weight is 432 g/mol. The SMILES string of the molecule is Cn1c(COc2ccc(F)c(Cl)c2)nnc1SCc1cccc(C(F)(F)F)c1. The van der Waals surface area contributed by atoms with Gasteiger partial charge in [-0.15, -0.1) is 10.2 Å². The van der Waals surface area contributed by atoms with Crippen LogP contribution >= 0.6 is 23.4 Å². The molecular weight excluding hydrogens is 418 g/mol. The molecule has 10 heteroatoms. The molecule has 1 heterocycles. The van der Waals surface area contributed by atoms with Gasteiger partial charge in [-0.3, -0.25) is 0 Å². The van der Waals surface area contributed by atoms with E-state index < -0.39 is 17.6 Å². The number of benzene rings is 2. The zero-order chi connectivity index (χ0) is 20.3. The molecule has 28 heavy (non-hydrogen) atoms. The Bertz CT molecular complexity index is 978. The second-order valence-corrected chi connectivity index (χ2v) is 7.16. The van der Waals surface area contributed by atoms with Gasteiger partial charge in [0.25, 0.3) is 0 Å². The Morgan fingerprint density at radius 3 is 2.64 bits per heavy atom. The molecular formula is C18H14ClF4N3OS. The summed E-state index contributed by atoms with van der Waals surface area (Å²) in [5.41, 5.74) is -0.155. The summed E-state index contributed by atoms with van der Waals surface area (Å²) in [5, 5.41) is 8.54. The molecule has 0 spiro atoms. The second kappa shape index (κ2) is 8.40. The van der Waals surface area contributed by atoms with Crippen LogP contribution in [0.2, 0.25) is 5.02 Å². The molecule has 0 saturated carbocycles. The van der Waals surface area contributed by atoms with Crippen LogP contribution in [-0.4, -0.2) is 14.8 Å². The monoisotopic (exact) mass is 431 g/mol. The minimum absolute atomic E-state index is 0.0483. The third-order valence-electron chi connectivity index (χ3n) is 3.81. The lowest BCUT2D eigenvalue weighted by molar-refractivity contribution is -0.137. The molecule has 3 rings (SSSR count). The highest BCUT2D eigenvalue weighted by Gasteiger charge is 2.30. The lowest BCUT2D eigenvalue weighted by Crippen LogP contribution is -2.05.